The zero-order valence-electron chi connectivity index (χ0n) is 78.5. The molecule has 8 rings (SSSR count). The van der Waals surface area contributed by atoms with Gasteiger partial charge in [-0.25, -0.2) is 0 Å². The maximum Gasteiger partial charge on any atom is 0.243 e. The lowest BCUT2D eigenvalue weighted by Crippen LogP contribution is -2.53. The molecule has 0 spiro atoms. The van der Waals surface area contributed by atoms with Crippen LogP contribution in [0.3, 0.4) is 0 Å². The van der Waals surface area contributed by atoms with Gasteiger partial charge in [0.05, 0.1) is 82.1 Å². The minimum Gasteiger partial charge on any atom is -0.368 e. The topological polar surface area (TPSA) is 424 Å². The molecular formula is C102H141N19O12. The van der Waals surface area contributed by atoms with Crippen LogP contribution in [0.5, 0.6) is 0 Å². The second-order valence-electron chi connectivity index (χ2n) is 34.0. The molecule has 12 amide bonds. The van der Waals surface area contributed by atoms with E-state index >= 15 is 43.2 Å². The smallest absolute Gasteiger partial charge is 0.243 e. The van der Waals surface area contributed by atoms with E-state index in [0.29, 0.717) is 118 Å². The molecule has 0 fully saturated rings. The second kappa shape index (κ2) is 56.4. The predicted molar refractivity (Wildman–Crippen MR) is 518 cm³/mol. The molecule has 0 saturated heterocycles. The summed E-state index contributed by atoms with van der Waals surface area (Å²) < 4.78 is 0. The third-order valence-electron chi connectivity index (χ3n) is 24.6. The lowest BCUT2D eigenvalue weighted by molar-refractivity contribution is -0.151. The summed E-state index contributed by atoms with van der Waals surface area (Å²) in [6.07, 6.45) is 6.92. The number of amides is 12. The van der Waals surface area contributed by atoms with E-state index in [9.17, 15) is 14.4 Å². The zero-order valence-corrected chi connectivity index (χ0v) is 78.5. The molecule has 1 heterocycles. The van der Waals surface area contributed by atoms with Crippen molar-refractivity contribution in [1.29, 1.82) is 0 Å². The first-order chi connectivity index (χ1) is 64.2. The lowest BCUT2D eigenvalue weighted by atomic mass is 10.1. The van der Waals surface area contributed by atoms with Crippen molar-refractivity contribution in [3.8, 4) is 0 Å². The van der Waals surface area contributed by atoms with Crippen molar-refractivity contribution in [2.75, 3.05) is 151 Å². The Morgan fingerprint density at radius 1 is 0.271 bits per heavy atom. The Kier molecular flexibility index (Phi) is 44.9. The highest BCUT2D eigenvalue weighted by Crippen LogP contribution is 2.30. The van der Waals surface area contributed by atoms with E-state index in [1.54, 1.807) is 95.3 Å². The Balaban J connectivity index is 1.07. The number of nitrogens with two attached hydrogens (primary N) is 6. The number of primary amides is 1. The molecule has 6 atom stereocenters. The fourth-order valence-electron chi connectivity index (χ4n) is 16.3. The Labute approximate surface area is 784 Å². The molecule has 7 aromatic carbocycles. The first-order valence-electron chi connectivity index (χ1n) is 46.7. The van der Waals surface area contributed by atoms with Crippen molar-refractivity contribution in [2.45, 2.75) is 148 Å². The minimum absolute atomic E-state index is 0.00638. The number of aromatic amines is 1. The third kappa shape index (κ3) is 33.0. The summed E-state index contributed by atoms with van der Waals surface area (Å²) in [7, 11) is 0. The molecule has 0 aliphatic carbocycles. The fraction of sp³-hybridized carbons (Fsp3) is 0.451. The average molecular weight is 1830 g/mol. The monoisotopic (exact) mass is 1820 g/mol. The van der Waals surface area contributed by atoms with Gasteiger partial charge >= 0.3 is 0 Å². The third-order valence-corrected chi connectivity index (χ3v) is 24.6. The average Bonchev–Trinajstić information content (AvgIpc) is 1.24. The number of aromatic nitrogens is 1. The largest absolute Gasteiger partial charge is 0.368 e. The molecule has 716 valence electrons. The number of rotatable bonds is 59. The first-order valence-corrected chi connectivity index (χ1v) is 46.7. The van der Waals surface area contributed by atoms with E-state index in [0.717, 1.165) is 22.0 Å². The van der Waals surface area contributed by atoms with E-state index in [4.69, 9.17) is 34.4 Å². The zero-order chi connectivity index (χ0) is 96.1. The first kappa shape index (κ1) is 106. The van der Waals surface area contributed by atoms with Crippen LogP contribution in [0.15, 0.2) is 212 Å². The summed E-state index contributed by atoms with van der Waals surface area (Å²) in [6, 6.07) is 57.8. The van der Waals surface area contributed by atoms with Gasteiger partial charge < -0.3 is 98.6 Å². The standard InChI is InChI=1S/C102H141N19O12/c1-76(82-37-13-7-14-38-82)116(65-91(108)122)97(128)68-114(61-35-30-55-106)96(127)73-119(79(4)85-43-19-10-20-44-85)102(133)75-121(81(6)87-47-23-12-24-48-87)100(131)70-115(62-36-31-56-107)95(126)71-117(77(2)83-39-15-8-16-40-83)99(130)69-113(60-34-29-54-105)93(124)66-112(59-33-28-53-104)94(125)72-118(78(3)84-41-17-9-18-42-84)101(132)74-120(80(5)86-45-21-11-22-46-86)98(129)67-111(58-32-27-52-103)92(123)64-109-57-51-88-63-110-90-50-26-25-49-89(88)90/h7-26,37-50,63,76-81,109-110H,27-36,51-62,64-75,103-107H2,1-6H3,(H2,108,122)/t76-,77-,78-,79-,80-,81-/m0/s1. The van der Waals surface area contributed by atoms with Gasteiger partial charge in [0.25, 0.3) is 0 Å². The molecule has 133 heavy (non-hydrogen) atoms. The number of nitrogens with zero attached hydrogens (tertiary/aromatic N) is 11. The molecule has 0 saturated carbocycles. The molecule has 0 aliphatic heterocycles. The van der Waals surface area contributed by atoms with Crippen molar-refractivity contribution in [3.63, 3.8) is 0 Å². The summed E-state index contributed by atoms with van der Waals surface area (Å²) >= 11 is 0. The Morgan fingerprint density at radius 2 is 0.489 bits per heavy atom. The highest BCUT2D eigenvalue weighted by molar-refractivity contribution is 5.96. The summed E-state index contributed by atoms with van der Waals surface area (Å²) in [5, 5.41) is 4.37. The number of para-hydroxylation sites is 1. The van der Waals surface area contributed by atoms with Gasteiger partial charge in [0.15, 0.2) is 0 Å². The number of carbonyl (C=O) groups excluding carboxylic acids is 12. The van der Waals surface area contributed by atoms with Crippen LogP contribution in [-0.4, -0.2) is 280 Å². The van der Waals surface area contributed by atoms with Crippen LogP contribution < -0.4 is 39.7 Å². The van der Waals surface area contributed by atoms with Gasteiger partial charge in [0.2, 0.25) is 70.9 Å². The Bertz CT molecular complexity index is 4950. The van der Waals surface area contributed by atoms with E-state index < -0.39 is 167 Å². The summed E-state index contributed by atoms with van der Waals surface area (Å²) in [5.74, 6) is -7.23. The molecule has 8 aromatic rings. The van der Waals surface area contributed by atoms with Crippen molar-refractivity contribution in [3.05, 3.63) is 251 Å². The minimum atomic E-state index is -0.835. The van der Waals surface area contributed by atoms with Crippen molar-refractivity contribution < 1.29 is 57.5 Å². The summed E-state index contributed by atoms with van der Waals surface area (Å²) in [6.45, 7) is 6.82. The van der Waals surface area contributed by atoms with Gasteiger partial charge in [0.1, 0.15) is 32.7 Å². The highest BCUT2D eigenvalue weighted by atomic mass is 16.2. The number of benzene rings is 7. The molecule has 0 unspecified atom stereocenters. The summed E-state index contributed by atoms with van der Waals surface area (Å²) in [5.41, 5.74) is 42.1. The molecule has 31 nitrogen and oxygen atoms in total. The maximum absolute atomic E-state index is 15.8. The summed E-state index contributed by atoms with van der Waals surface area (Å²) in [4.78, 5) is 200. The van der Waals surface area contributed by atoms with Gasteiger partial charge in [-0.15, -0.1) is 0 Å². The van der Waals surface area contributed by atoms with E-state index in [1.165, 1.54) is 53.9 Å². The normalized spacial score (nSPS) is 12.5. The van der Waals surface area contributed by atoms with E-state index in [-0.39, 0.29) is 71.4 Å². The van der Waals surface area contributed by atoms with Crippen molar-refractivity contribution in [1.82, 2.24) is 64.2 Å². The number of hydrogen-bond donors (Lipinski definition) is 8. The van der Waals surface area contributed by atoms with Gasteiger partial charge in [-0.3, -0.25) is 57.5 Å². The highest BCUT2D eigenvalue weighted by Gasteiger charge is 2.39. The number of unbranched alkanes of at least 4 members (excludes halogenated alkanes) is 5. The van der Waals surface area contributed by atoms with Crippen LogP contribution in [-0.2, 0) is 64.0 Å². The lowest BCUT2D eigenvalue weighted by Gasteiger charge is -2.37. The molecule has 0 aliphatic rings. The molecule has 0 bridgehead atoms. The van der Waals surface area contributed by atoms with Crippen molar-refractivity contribution in [2.24, 2.45) is 34.4 Å². The molecule has 1 aromatic heterocycles. The van der Waals surface area contributed by atoms with Crippen LogP contribution in [0.1, 0.15) is 181 Å². The Morgan fingerprint density at radius 3 is 0.752 bits per heavy atom. The second-order valence-corrected chi connectivity index (χ2v) is 34.0. The van der Waals surface area contributed by atoms with Gasteiger partial charge in [-0.1, -0.05) is 200 Å². The SMILES string of the molecule is C[C@@H](c1ccccc1)N(CC(N)=O)C(=O)CN(CCCCN)C(=O)CN(C(=O)CN(C(=O)CN(CCCCN)C(=O)CN(C(=O)CN(CCCCN)C(=O)CN(CCCCN)C(=O)CN(C(=O)CN(C(=O)CN(CCCCN)C(=O)CNCCc1c[nH]c2ccccc12)[C@@H](C)c1ccccc1)[C@@H](C)c1ccccc1)[C@@H](C)c1ccccc1)[C@@H](C)c1ccccc1)[C@@H](C)c1ccccc1. The van der Waals surface area contributed by atoms with Crippen molar-refractivity contribution >= 4 is 81.8 Å². The Hall–Kier alpha value is -12.5. The number of nitrogens with one attached hydrogen (secondary N) is 2. The molecule has 0 radical (unpaired) electrons. The molecule has 31 heteroatoms. The molecular weight excluding hydrogens is 1680 g/mol. The quantitative estimate of drug-likeness (QED) is 0.0167. The number of H-pyrrole nitrogens is 1. The maximum atomic E-state index is 15.8. The van der Waals surface area contributed by atoms with Gasteiger partial charge in [-0.05, 0) is 196 Å². The fourth-order valence-corrected chi connectivity index (χ4v) is 16.3. The van der Waals surface area contributed by atoms with Crippen LogP contribution in [0, 0.1) is 0 Å². The number of fused-ring (bicyclic) bond motifs is 1. The van der Waals surface area contributed by atoms with E-state index in [2.05, 4.69) is 10.3 Å². The van der Waals surface area contributed by atoms with E-state index in [1.807, 2.05) is 159 Å². The van der Waals surface area contributed by atoms with Crippen LogP contribution in [0.25, 0.3) is 10.9 Å². The van der Waals surface area contributed by atoms with Gasteiger partial charge in [-0.2, -0.15) is 0 Å². The predicted octanol–water partition coefficient (Wildman–Crippen LogP) is 8.16. The number of carbonyl (C=O) groups is 12. The number of hydrogen-bond acceptors (Lipinski definition) is 18. The van der Waals surface area contributed by atoms with Crippen LogP contribution in [0.4, 0.5) is 0 Å². The van der Waals surface area contributed by atoms with Gasteiger partial charge in [0, 0.05) is 49.8 Å². The van der Waals surface area contributed by atoms with Crippen LogP contribution in [0.2, 0.25) is 0 Å². The molecule has 14 N–H and O–H groups in total. The van der Waals surface area contributed by atoms with Crippen LogP contribution >= 0.6 is 0 Å².